The summed E-state index contributed by atoms with van der Waals surface area (Å²) in [6.45, 7) is 0. The van der Waals surface area contributed by atoms with Gasteiger partial charge in [-0.2, -0.15) is 4.39 Å². The average molecular weight is 418 g/mol. The molecule has 3 rings (SSSR count). The van der Waals surface area contributed by atoms with E-state index in [0.717, 1.165) is 13.2 Å². The van der Waals surface area contributed by atoms with E-state index < -0.39 is 50.5 Å². The number of nitro benzene ring substituents is 1. The van der Waals surface area contributed by atoms with Crippen molar-refractivity contribution in [1.29, 1.82) is 0 Å². The van der Waals surface area contributed by atoms with Gasteiger partial charge in [0, 0.05) is 4.47 Å². The summed E-state index contributed by atoms with van der Waals surface area (Å²) in [5, 5.41) is 11.1. The van der Waals surface area contributed by atoms with Gasteiger partial charge >= 0.3 is 11.4 Å². The van der Waals surface area contributed by atoms with Crippen molar-refractivity contribution in [3.8, 4) is 11.4 Å². The Morgan fingerprint density at radius 1 is 1.28 bits per heavy atom. The minimum Gasteiger partial charge on any atom is -0.489 e. The number of imidazole rings is 1. The summed E-state index contributed by atoms with van der Waals surface area (Å²) in [4.78, 5) is 24.2. The summed E-state index contributed by atoms with van der Waals surface area (Å²) in [5.41, 5.74) is -3.80. The molecule has 0 saturated heterocycles. The Balaban J connectivity index is 2.56. The van der Waals surface area contributed by atoms with Crippen molar-refractivity contribution < 1.29 is 22.8 Å². The van der Waals surface area contributed by atoms with Crippen LogP contribution in [0.2, 0.25) is 0 Å². The van der Waals surface area contributed by atoms with Crippen LogP contribution in [0.5, 0.6) is 5.75 Å². The lowest BCUT2D eigenvalue weighted by molar-refractivity contribution is -0.388. The average Bonchev–Trinajstić information content (AvgIpc) is 2.87. The summed E-state index contributed by atoms with van der Waals surface area (Å²) in [7, 11) is 0.985. The summed E-state index contributed by atoms with van der Waals surface area (Å²) < 4.78 is 48.3. The molecule has 0 radical (unpaired) electrons. The number of aromatic nitrogens is 2. The lowest BCUT2D eigenvalue weighted by Crippen LogP contribution is -2.16. The van der Waals surface area contributed by atoms with Crippen LogP contribution in [-0.2, 0) is 0 Å². The number of hydrogen-bond donors (Lipinski definition) is 1. The van der Waals surface area contributed by atoms with Gasteiger partial charge in [0.05, 0.1) is 17.7 Å². The van der Waals surface area contributed by atoms with Gasteiger partial charge in [-0.05, 0) is 18.2 Å². The highest BCUT2D eigenvalue weighted by atomic mass is 79.9. The second kappa shape index (κ2) is 5.92. The molecule has 2 aromatic carbocycles. The van der Waals surface area contributed by atoms with E-state index in [-0.39, 0.29) is 5.69 Å². The van der Waals surface area contributed by atoms with E-state index in [0.29, 0.717) is 9.04 Å². The van der Waals surface area contributed by atoms with E-state index in [1.165, 1.54) is 12.1 Å². The molecule has 1 aromatic heterocycles. The van der Waals surface area contributed by atoms with Crippen LogP contribution in [-0.4, -0.2) is 21.6 Å². The lowest BCUT2D eigenvalue weighted by atomic mass is 10.2. The number of ether oxygens (including phenoxy) is 1. The van der Waals surface area contributed by atoms with Gasteiger partial charge in [0.25, 0.3) is 0 Å². The maximum atomic E-state index is 14.3. The van der Waals surface area contributed by atoms with Gasteiger partial charge in [0.15, 0.2) is 5.82 Å². The minimum atomic E-state index is -1.79. The molecule has 0 fully saturated rings. The Bertz CT molecular complexity index is 1090. The van der Waals surface area contributed by atoms with Crippen molar-refractivity contribution in [2.45, 2.75) is 0 Å². The second-order valence-corrected chi connectivity index (χ2v) is 5.77. The second-order valence-electron chi connectivity index (χ2n) is 4.85. The normalized spacial score (nSPS) is 11.1. The third kappa shape index (κ3) is 2.47. The van der Waals surface area contributed by atoms with E-state index in [4.69, 9.17) is 4.74 Å². The molecule has 0 unspecified atom stereocenters. The summed E-state index contributed by atoms with van der Waals surface area (Å²) in [5.74, 6) is -5.01. The number of hydrogen-bond acceptors (Lipinski definition) is 4. The molecule has 0 atom stereocenters. The molecule has 1 N–H and O–H groups in total. The van der Waals surface area contributed by atoms with Crippen LogP contribution in [0.4, 0.5) is 18.9 Å². The first kappa shape index (κ1) is 17.0. The number of benzene rings is 2. The number of fused-ring (bicyclic) bond motifs is 1. The number of nitrogens with one attached hydrogen (secondary N) is 1. The first-order valence-electron chi connectivity index (χ1n) is 6.57. The quantitative estimate of drug-likeness (QED) is 0.522. The fourth-order valence-corrected chi connectivity index (χ4v) is 2.82. The standard InChI is InChI=1S/C14H7BrF3N3O4/c1-25-13-11(21(23)24)9(18)8(17)10-12(13)20(14(22)19-10)7-3-2-5(15)4-6(7)16/h2-4H,1H3,(H,19,22). The zero-order valence-corrected chi connectivity index (χ0v) is 13.9. The highest BCUT2D eigenvalue weighted by molar-refractivity contribution is 9.10. The van der Waals surface area contributed by atoms with Crippen LogP contribution in [0.1, 0.15) is 0 Å². The molecule has 130 valence electrons. The molecule has 1 heterocycles. The molecule has 0 aliphatic heterocycles. The molecule has 0 amide bonds. The Morgan fingerprint density at radius 3 is 2.52 bits per heavy atom. The highest BCUT2D eigenvalue weighted by Crippen LogP contribution is 2.39. The van der Waals surface area contributed by atoms with Crippen molar-refractivity contribution >= 4 is 32.7 Å². The highest BCUT2D eigenvalue weighted by Gasteiger charge is 2.33. The van der Waals surface area contributed by atoms with E-state index in [9.17, 15) is 28.1 Å². The summed E-state index contributed by atoms with van der Waals surface area (Å²) in [6, 6.07) is 3.65. The molecule has 0 bridgehead atoms. The van der Waals surface area contributed by atoms with Crippen molar-refractivity contribution in [3.63, 3.8) is 0 Å². The number of H-pyrrole nitrogens is 1. The van der Waals surface area contributed by atoms with Gasteiger partial charge in [-0.25, -0.2) is 13.6 Å². The van der Waals surface area contributed by atoms with Gasteiger partial charge in [0.1, 0.15) is 16.9 Å². The largest absolute Gasteiger partial charge is 0.489 e. The van der Waals surface area contributed by atoms with E-state index in [2.05, 4.69) is 15.9 Å². The van der Waals surface area contributed by atoms with Crippen LogP contribution in [0.3, 0.4) is 0 Å². The zero-order valence-electron chi connectivity index (χ0n) is 12.3. The number of nitro groups is 1. The van der Waals surface area contributed by atoms with Gasteiger partial charge in [-0.1, -0.05) is 15.9 Å². The van der Waals surface area contributed by atoms with E-state index in [1.807, 2.05) is 4.98 Å². The predicted molar refractivity (Wildman–Crippen MR) is 84.7 cm³/mol. The Morgan fingerprint density at radius 2 is 1.96 bits per heavy atom. The molecule has 3 aromatic rings. The molecule has 0 aliphatic carbocycles. The van der Waals surface area contributed by atoms with Gasteiger partial charge in [-0.3, -0.25) is 14.7 Å². The number of halogens is 4. The van der Waals surface area contributed by atoms with Gasteiger partial charge < -0.3 is 9.72 Å². The first-order chi connectivity index (χ1) is 11.8. The van der Waals surface area contributed by atoms with Crippen LogP contribution in [0.25, 0.3) is 16.7 Å². The smallest absolute Gasteiger partial charge is 0.351 e. The SMILES string of the molecule is COc1c([N+](=O)[O-])c(F)c(F)c2[nH]c(=O)n(-c3ccc(Br)cc3F)c12. The minimum absolute atomic E-state index is 0.321. The summed E-state index contributed by atoms with van der Waals surface area (Å²) in [6.07, 6.45) is 0. The third-order valence-electron chi connectivity index (χ3n) is 3.48. The number of rotatable bonds is 3. The molecule has 0 spiro atoms. The molecule has 25 heavy (non-hydrogen) atoms. The molecule has 11 heteroatoms. The van der Waals surface area contributed by atoms with Gasteiger partial charge in [-0.15, -0.1) is 0 Å². The van der Waals surface area contributed by atoms with Crippen molar-refractivity contribution in [1.82, 2.24) is 9.55 Å². The molecular formula is C14H7BrF3N3O4. The maximum Gasteiger partial charge on any atom is 0.351 e. The van der Waals surface area contributed by atoms with Crippen molar-refractivity contribution in [2.24, 2.45) is 0 Å². The van der Waals surface area contributed by atoms with Gasteiger partial charge in [0.2, 0.25) is 11.6 Å². The number of aromatic amines is 1. The zero-order chi connectivity index (χ0) is 18.5. The topological polar surface area (TPSA) is 90.2 Å². The Hall–Kier alpha value is -2.82. The van der Waals surface area contributed by atoms with Crippen LogP contribution >= 0.6 is 15.9 Å². The molecule has 0 aliphatic rings. The van der Waals surface area contributed by atoms with Crippen molar-refractivity contribution in [2.75, 3.05) is 7.11 Å². The van der Waals surface area contributed by atoms with Crippen molar-refractivity contribution in [3.05, 3.63) is 60.7 Å². The fraction of sp³-hybridized carbons (Fsp3) is 0.0714. The molecular weight excluding hydrogens is 411 g/mol. The Kier molecular flexibility index (Phi) is 4.03. The number of nitrogens with zero attached hydrogens (tertiary/aromatic N) is 2. The monoisotopic (exact) mass is 417 g/mol. The first-order valence-corrected chi connectivity index (χ1v) is 7.36. The van der Waals surface area contributed by atoms with Crippen LogP contribution in [0, 0.1) is 27.6 Å². The van der Waals surface area contributed by atoms with E-state index >= 15 is 0 Å². The third-order valence-corrected chi connectivity index (χ3v) is 3.98. The maximum absolute atomic E-state index is 14.3. The van der Waals surface area contributed by atoms with Crippen LogP contribution < -0.4 is 10.4 Å². The number of methoxy groups -OCH3 is 1. The fourth-order valence-electron chi connectivity index (χ4n) is 2.48. The summed E-state index contributed by atoms with van der Waals surface area (Å²) >= 11 is 3.05. The molecule has 7 nitrogen and oxygen atoms in total. The van der Waals surface area contributed by atoms with Crippen LogP contribution in [0.15, 0.2) is 27.5 Å². The predicted octanol–water partition coefficient (Wildman–Crippen LogP) is 3.42. The molecule has 0 saturated carbocycles. The lowest BCUT2D eigenvalue weighted by Gasteiger charge is -2.10. The van der Waals surface area contributed by atoms with E-state index in [1.54, 1.807) is 0 Å². The Labute approximate surface area is 144 Å².